The van der Waals surface area contributed by atoms with Gasteiger partial charge in [-0.1, -0.05) is 19.9 Å². The monoisotopic (exact) mass is 321 g/mol. The summed E-state index contributed by atoms with van der Waals surface area (Å²) in [4.78, 5) is 23.6. The SMILES string of the molecule is COC(=O)C(CC(C)C)NC(=O)/C=C/c1ccc(O)c(OC)c1. The summed E-state index contributed by atoms with van der Waals surface area (Å²) in [5.74, 6) is -0.277. The van der Waals surface area contributed by atoms with Crippen LogP contribution in [0.5, 0.6) is 11.5 Å². The molecule has 0 aliphatic carbocycles. The number of hydrogen-bond acceptors (Lipinski definition) is 5. The molecular weight excluding hydrogens is 298 g/mol. The first-order chi connectivity index (χ1) is 10.9. The number of phenols is 1. The maximum Gasteiger partial charge on any atom is 0.328 e. The average Bonchev–Trinajstić information content (AvgIpc) is 2.52. The molecule has 0 spiro atoms. The van der Waals surface area contributed by atoms with E-state index in [0.717, 1.165) is 0 Å². The van der Waals surface area contributed by atoms with Gasteiger partial charge in [0.2, 0.25) is 5.91 Å². The van der Waals surface area contributed by atoms with E-state index in [2.05, 4.69) is 5.32 Å². The second kappa shape index (κ2) is 8.82. The van der Waals surface area contributed by atoms with Crippen molar-refractivity contribution in [3.8, 4) is 11.5 Å². The molecule has 1 unspecified atom stereocenters. The average molecular weight is 321 g/mol. The number of methoxy groups -OCH3 is 2. The number of phenolic OH excluding ortho intramolecular Hbond substituents is 1. The smallest absolute Gasteiger partial charge is 0.328 e. The Morgan fingerprint density at radius 1 is 1.30 bits per heavy atom. The van der Waals surface area contributed by atoms with Crippen molar-refractivity contribution in [1.82, 2.24) is 5.32 Å². The number of hydrogen-bond donors (Lipinski definition) is 2. The lowest BCUT2D eigenvalue weighted by atomic mass is 10.0. The van der Waals surface area contributed by atoms with Gasteiger partial charge in [0.15, 0.2) is 11.5 Å². The van der Waals surface area contributed by atoms with Crippen LogP contribution >= 0.6 is 0 Å². The third-order valence-corrected chi connectivity index (χ3v) is 3.14. The van der Waals surface area contributed by atoms with Crippen molar-refractivity contribution in [1.29, 1.82) is 0 Å². The first-order valence-electron chi connectivity index (χ1n) is 7.30. The molecule has 0 aromatic heterocycles. The zero-order valence-corrected chi connectivity index (χ0v) is 13.8. The zero-order chi connectivity index (χ0) is 17.4. The van der Waals surface area contributed by atoms with Crippen LogP contribution in [-0.2, 0) is 14.3 Å². The predicted octanol–water partition coefficient (Wildman–Crippen LogP) is 2.12. The van der Waals surface area contributed by atoms with E-state index in [1.807, 2.05) is 13.8 Å². The molecule has 1 aromatic rings. The van der Waals surface area contributed by atoms with Gasteiger partial charge in [-0.15, -0.1) is 0 Å². The predicted molar refractivity (Wildman–Crippen MR) is 87.1 cm³/mol. The highest BCUT2D eigenvalue weighted by molar-refractivity contribution is 5.94. The number of benzene rings is 1. The number of nitrogens with one attached hydrogen (secondary N) is 1. The molecule has 0 saturated heterocycles. The number of rotatable bonds is 7. The lowest BCUT2D eigenvalue weighted by Gasteiger charge is -2.17. The second-order valence-electron chi connectivity index (χ2n) is 5.48. The Morgan fingerprint density at radius 3 is 2.57 bits per heavy atom. The molecule has 1 amide bonds. The van der Waals surface area contributed by atoms with Gasteiger partial charge in [-0.05, 0) is 36.1 Å². The molecule has 1 rings (SSSR count). The van der Waals surface area contributed by atoms with E-state index in [1.54, 1.807) is 18.2 Å². The fraction of sp³-hybridized carbons (Fsp3) is 0.412. The Bertz CT molecular complexity index is 580. The first kappa shape index (κ1) is 18.5. The summed E-state index contributed by atoms with van der Waals surface area (Å²) in [5, 5.41) is 12.2. The number of esters is 1. The van der Waals surface area contributed by atoms with Gasteiger partial charge in [0.25, 0.3) is 0 Å². The van der Waals surface area contributed by atoms with Gasteiger partial charge in [0.1, 0.15) is 6.04 Å². The molecular formula is C17H23NO5. The maximum atomic E-state index is 12.0. The van der Waals surface area contributed by atoms with Gasteiger partial charge < -0.3 is 19.9 Å². The lowest BCUT2D eigenvalue weighted by Crippen LogP contribution is -2.41. The van der Waals surface area contributed by atoms with Gasteiger partial charge in [0.05, 0.1) is 14.2 Å². The molecule has 6 heteroatoms. The third kappa shape index (κ3) is 6.02. The molecule has 1 aromatic carbocycles. The van der Waals surface area contributed by atoms with Crippen LogP contribution in [0.1, 0.15) is 25.8 Å². The number of amides is 1. The second-order valence-corrected chi connectivity index (χ2v) is 5.48. The van der Waals surface area contributed by atoms with Crippen LogP contribution in [0.25, 0.3) is 6.08 Å². The Balaban J connectivity index is 2.75. The van der Waals surface area contributed by atoms with Gasteiger partial charge in [-0.2, -0.15) is 0 Å². The molecule has 0 radical (unpaired) electrons. The molecule has 0 saturated carbocycles. The minimum Gasteiger partial charge on any atom is -0.504 e. The lowest BCUT2D eigenvalue weighted by molar-refractivity contribution is -0.145. The van der Waals surface area contributed by atoms with E-state index in [0.29, 0.717) is 17.7 Å². The molecule has 0 aliphatic heterocycles. The van der Waals surface area contributed by atoms with Gasteiger partial charge in [-0.25, -0.2) is 4.79 Å². The molecule has 0 aliphatic rings. The molecule has 1 atom stereocenters. The van der Waals surface area contributed by atoms with Gasteiger partial charge in [-0.3, -0.25) is 4.79 Å². The number of carbonyl (C=O) groups excluding carboxylic acids is 2. The van der Waals surface area contributed by atoms with E-state index in [-0.39, 0.29) is 11.7 Å². The molecule has 126 valence electrons. The van der Waals surface area contributed by atoms with Crippen LogP contribution in [-0.4, -0.2) is 37.2 Å². The van der Waals surface area contributed by atoms with E-state index in [4.69, 9.17) is 9.47 Å². The van der Waals surface area contributed by atoms with Crippen molar-refractivity contribution in [2.45, 2.75) is 26.3 Å². The highest BCUT2D eigenvalue weighted by Crippen LogP contribution is 2.26. The fourth-order valence-corrected chi connectivity index (χ4v) is 2.02. The van der Waals surface area contributed by atoms with Crippen LogP contribution < -0.4 is 10.1 Å². The molecule has 2 N–H and O–H groups in total. The van der Waals surface area contributed by atoms with Crippen molar-refractivity contribution >= 4 is 18.0 Å². The Labute approximate surface area is 136 Å². The van der Waals surface area contributed by atoms with Crippen LogP contribution in [0, 0.1) is 5.92 Å². The van der Waals surface area contributed by atoms with Gasteiger partial charge in [0, 0.05) is 6.08 Å². The highest BCUT2D eigenvalue weighted by Gasteiger charge is 2.21. The van der Waals surface area contributed by atoms with Crippen LogP contribution in [0.15, 0.2) is 24.3 Å². The highest BCUT2D eigenvalue weighted by atomic mass is 16.5. The van der Waals surface area contributed by atoms with E-state index >= 15 is 0 Å². The van der Waals surface area contributed by atoms with Crippen LogP contribution in [0.3, 0.4) is 0 Å². The molecule has 23 heavy (non-hydrogen) atoms. The van der Waals surface area contributed by atoms with E-state index in [9.17, 15) is 14.7 Å². The summed E-state index contributed by atoms with van der Waals surface area (Å²) in [6.07, 6.45) is 3.39. The van der Waals surface area contributed by atoms with Crippen molar-refractivity contribution in [2.75, 3.05) is 14.2 Å². The Hall–Kier alpha value is -2.50. The Kier molecular flexibility index (Phi) is 7.12. The van der Waals surface area contributed by atoms with Gasteiger partial charge >= 0.3 is 5.97 Å². The summed E-state index contributed by atoms with van der Waals surface area (Å²) in [6, 6.07) is 4.05. The summed E-state index contributed by atoms with van der Waals surface area (Å²) in [6.45, 7) is 3.92. The zero-order valence-electron chi connectivity index (χ0n) is 13.8. The minimum absolute atomic E-state index is 0.0248. The van der Waals surface area contributed by atoms with Crippen LogP contribution in [0.2, 0.25) is 0 Å². The fourth-order valence-electron chi connectivity index (χ4n) is 2.02. The standard InChI is InChI=1S/C17H23NO5/c1-11(2)9-13(17(21)23-4)18-16(20)8-6-12-5-7-14(19)15(10-12)22-3/h5-8,10-11,13,19H,9H2,1-4H3,(H,18,20)/b8-6+. The summed E-state index contributed by atoms with van der Waals surface area (Å²) < 4.78 is 9.70. The first-order valence-corrected chi connectivity index (χ1v) is 7.30. The molecule has 6 nitrogen and oxygen atoms in total. The molecule has 0 fully saturated rings. The third-order valence-electron chi connectivity index (χ3n) is 3.14. The van der Waals surface area contributed by atoms with Crippen molar-refractivity contribution in [3.63, 3.8) is 0 Å². The van der Waals surface area contributed by atoms with Crippen molar-refractivity contribution in [3.05, 3.63) is 29.8 Å². The topological polar surface area (TPSA) is 84.9 Å². The largest absolute Gasteiger partial charge is 0.504 e. The number of carbonyl (C=O) groups is 2. The van der Waals surface area contributed by atoms with Crippen molar-refractivity contribution in [2.24, 2.45) is 5.92 Å². The number of aromatic hydroxyl groups is 1. The van der Waals surface area contributed by atoms with E-state index < -0.39 is 17.9 Å². The molecule has 0 heterocycles. The van der Waals surface area contributed by atoms with Crippen molar-refractivity contribution < 1.29 is 24.2 Å². The molecule has 0 bridgehead atoms. The van der Waals surface area contributed by atoms with Crippen LogP contribution in [0.4, 0.5) is 0 Å². The minimum atomic E-state index is -0.675. The maximum absolute atomic E-state index is 12.0. The summed E-state index contributed by atoms with van der Waals surface area (Å²) >= 11 is 0. The summed E-state index contributed by atoms with van der Waals surface area (Å²) in [7, 11) is 2.74. The number of ether oxygens (including phenoxy) is 2. The van der Waals surface area contributed by atoms with E-state index in [1.165, 1.54) is 26.4 Å². The summed E-state index contributed by atoms with van der Waals surface area (Å²) in [5.41, 5.74) is 0.688. The Morgan fingerprint density at radius 2 is 2.00 bits per heavy atom. The normalized spacial score (nSPS) is 12.2. The quantitative estimate of drug-likeness (QED) is 0.593.